The topological polar surface area (TPSA) is 90.9 Å². The predicted octanol–water partition coefficient (Wildman–Crippen LogP) is 3.34. The summed E-state index contributed by atoms with van der Waals surface area (Å²) in [6, 6.07) is 9.96. The zero-order valence-corrected chi connectivity index (χ0v) is 19.5. The van der Waals surface area contributed by atoms with Crippen LogP contribution in [-0.4, -0.2) is 67.0 Å². The lowest BCUT2D eigenvalue weighted by Crippen LogP contribution is -2.44. The molecule has 3 N–H and O–H groups in total. The zero-order chi connectivity index (χ0) is 23.5. The summed E-state index contributed by atoms with van der Waals surface area (Å²) < 4.78 is 19.8. The molecule has 1 saturated heterocycles. The number of amides is 3. The Hall–Kier alpha value is -2.78. The number of halogens is 1. The Labute approximate surface area is 189 Å². The molecule has 9 heteroatoms. The number of nitrogens with one attached hydrogen (secondary N) is 2. The van der Waals surface area contributed by atoms with Crippen LogP contribution in [0.4, 0.5) is 14.9 Å². The molecule has 174 valence electrons. The molecule has 0 aliphatic carbocycles. The lowest BCUT2D eigenvalue weighted by molar-refractivity contribution is -0.118. The van der Waals surface area contributed by atoms with Crippen LogP contribution in [0.2, 0.25) is 0 Å². The van der Waals surface area contributed by atoms with Crippen molar-refractivity contribution in [1.29, 1.82) is 0 Å². The second-order valence-electron chi connectivity index (χ2n) is 8.52. The molecule has 3 amide bonds. The van der Waals surface area contributed by atoms with Gasteiger partial charge in [-0.15, -0.1) is 0 Å². The van der Waals surface area contributed by atoms with Gasteiger partial charge in [-0.25, -0.2) is 19.2 Å². The predicted molar refractivity (Wildman–Crippen MR) is 125 cm³/mol. The third-order valence-corrected chi connectivity index (χ3v) is 6.94. The first-order chi connectivity index (χ1) is 15.1. The van der Waals surface area contributed by atoms with Gasteiger partial charge in [-0.1, -0.05) is 12.1 Å². The van der Waals surface area contributed by atoms with E-state index in [1.165, 1.54) is 18.1 Å². The number of aliphatic hydroxyl groups excluding tert-OH is 1. The van der Waals surface area contributed by atoms with Crippen LogP contribution in [0, 0.1) is 5.82 Å². The van der Waals surface area contributed by atoms with Crippen molar-refractivity contribution in [3.8, 4) is 5.75 Å². The number of anilines is 1. The van der Waals surface area contributed by atoms with Crippen molar-refractivity contribution >= 4 is 27.7 Å². The van der Waals surface area contributed by atoms with Crippen LogP contribution >= 0.6 is 10.0 Å². The highest BCUT2D eigenvalue weighted by Gasteiger charge is 2.29. The number of likely N-dealkylation sites (tertiary alicyclic amines) is 1. The fraction of sp³-hybridized carbons (Fsp3) is 0.391. The molecule has 1 aliphatic heterocycles. The number of aliphatic hydroxyl groups is 1. The van der Waals surface area contributed by atoms with Gasteiger partial charge in [-0.3, -0.25) is 4.79 Å². The number of carbonyl (C=O) groups is 2. The Kier molecular flexibility index (Phi) is 7.30. The van der Waals surface area contributed by atoms with Gasteiger partial charge >= 0.3 is 6.03 Å². The Balaban J connectivity index is 1.82. The van der Waals surface area contributed by atoms with E-state index in [1.54, 1.807) is 36.4 Å². The van der Waals surface area contributed by atoms with Crippen molar-refractivity contribution in [3.63, 3.8) is 0 Å². The van der Waals surface area contributed by atoms with E-state index in [0.717, 1.165) is 0 Å². The van der Waals surface area contributed by atoms with Gasteiger partial charge in [0.1, 0.15) is 17.6 Å². The maximum atomic E-state index is 14.6. The molecular formula is C23H30FN3O4S. The van der Waals surface area contributed by atoms with Crippen LogP contribution in [0.25, 0.3) is 0 Å². The van der Waals surface area contributed by atoms with Crippen LogP contribution in [-0.2, 0) is 4.79 Å². The fourth-order valence-corrected chi connectivity index (χ4v) is 4.65. The van der Waals surface area contributed by atoms with Gasteiger partial charge in [-0.05, 0) is 61.1 Å². The van der Waals surface area contributed by atoms with E-state index in [4.69, 9.17) is 4.74 Å². The summed E-state index contributed by atoms with van der Waals surface area (Å²) >= 11 is 0. The standard InChI is InChI=1S/C23H30FN3O4S/c1-31-18-8-5-15(6-9-18)21(26-23(30)27-12-11-17(28)14-27)22(29)25-16-7-10-20(19(24)13-16)32(2,3)4/h5-10,13,17,21,28H,11-12,14H2,1-4H3,(H,25,29)(H,26,30)/t17-,21-/m1/s1. The number of β-amino-alcohol motifs (C(OH)–C–C–N with tert-alkyl or cyclic N) is 1. The Morgan fingerprint density at radius 3 is 2.41 bits per heavy atom. The third kappa shape index (κ3) is 5.72. The van der Waals surface area contributed by atoms with Crippen molar-refractivity contribution in [2.24, 2.45) is 0 Å². The number of carbonyl (C=O) groups excluding carboxylic acids is 2. The molecule has 0 spiro atoms. The van der Waals surface area contributed by atoms with E-state index in [1.807, 2.05) is 18.8 Å². The molecule has 2 atom stereocenters. The molecule has 1 aliphatic rings. The van der Waals surface area contributed by atoms with E-state index in [2.05, 4.69) is 10.6 Å². The van der Waals surface area contributed by atoms with Crippen molar-refractivity contribution in [2.45, 2.75) is 23.5 Å². The van der Waals surface area contributed by atoms with Gasteiger partial charge in [0.15, 0.2) is 0 Å². The molecule has 32 heavy (non-hydrogen) atoms. The third-order valence-electron chi connectivity index (χ3n) is 5.29. The van der Waals surface area contributed by atoms with E-state index in [9.17, 15) is 19.1 Å². The van der Waals surface area contributed by atoms with Crippen LogP contribution in [0.1, 0.15) is 18.0 Å². The molecule has 2 aromatic carbocycles. The fourth-order valence-electron chi connectivity index (χ4n) is 3.53. The highest BCUT2D eigenvalue weighted by molar-refractivity contribution is 8.32. The first-order valence-electron chi connectivity index (χ1n) is 10.2. The van der Waals surface area contributed by atoms with Crippen LogP contribution in [0.3, 0.4) is 0 Å². The maximum absolute atomic E-state index is 14.6. The summed E-state index contributed by atoms with van der Waals surface area (Å²) in [5.41, 5.74) is 0.858. The Bertz CT molecular complexity index is 978. The number of hydrogen-bond acceptors (Lipinski definition) is 4. The van der Waals surface area contributed by atoms with Crippen LogP contribution < -0.4 is 15.4 Å². The SMILES string of the molecule is COc1ccc([C@@H](NC(=O)N2CC[C@@H](O)C2)C(=O)Nc2ccc(S(C)(C)C)c(F)c2)cc1. The lowest BCUT2D eigenvalue weighted by atomic mass is 10.1. The van der Waals surface area contributed by atoms with Gasteiger partial charge in [0, 0.05) is 23.7 Å². The van der Waals surface area contributed by atoms with E-state index in [0.29, 0.717) is 34.9 Å². The van der Waals surface area contributed by atoms with Gasteiger partial charge in [0.25, 0.3) is 5.91 Å². The average molecular weight is 464 g/mol. The lowest BCUT2D eigenvalue weighted by Gasteiger charge is -2.27. The number of urea groups is 1. The number of hydrogen-bond donors (Lipinski definition) is 3. The van der Waals surface area contributed by atoms with E-state index in [-0.39, 0.29) is 12.4 Å². The molecule has 7 nitrogen and oxygen atoms in total. The van der Waals surface area contributed by atoms with E-state index >= 15 is 0 Å². The molecule has 2 aromatic rings. The smallest absolute Gasteiger partial charge is 0.318 e. The van der Waals surface area contributed by atoms with E-state index < -0.39 is 34.1 Å². The van der Waals surface area contributed by atoms with Crippen molar-refractivity contribution in [1.82, 2.24) is 10.2 Å². The van der Waals surface area contributed by atoms with Crippen molar-refractivity contribution < 1.29 is 23.8 Å². The first kappa shape index (κ1) is 23.9. The van der Waals surface area contributed by atoms with Gasteiger partial charge in [0.2, 0.25) is 0 Å². The summed E-state index contributed by atoms with van der Waals surface area (Å²) in [7, 11) is 0.282. The monoisotopic (exact) mass is 463 g/mol. The number of methoxy groups -OCH3 is 1. The molecule has 1 heterocycles. The van der Waals surface area contributed by atoms with Gasteiger partial charge in [0.05, 0.1) is 13.2 Å². The minimum atomic E-state index is -1.26. The summed E-state index contributed by atoms with van der Waals surface area (Å²) in [5, 5.41) is 15.2. The molecule has 0 unspecified atom stereocenters. The second kappa shape index (κ2) is 9.79. The summed E-state index contributed by atoms with van der Waals surface area (Å²) in [4.78, 5) is 27.9. The summed E-state index contributed by atoms with van der Waals surface area (Å²) in [6.07, 6.45) is 5.91. The minimum Gasteiger partial charge on any atom is -0.497 e. The quantitative estimate of drug-likeness (QED) is 0.613. The average Bonchev–Trinajstić information content (AvgIpc) is 3.17. The molecule has 1 fully saturated rings. The number of ether oxygens (including phenoxy) is 1. The maximum Gasteiger partial charge on any atom is 0.318 e. The van der Waals surface area contributed by atoms with Crippen LogP contribution in [0.5, 0.6) is 5.75 Å². The van der Waals surface area contributed by atoms with Crippen LogP contribution in [0.15, 0.2) is 47.4 Å². The minimum absolute atomic E-state index is 0.213. The second-order valence-corrected chi connectivity index (χ2v) is 12.6. The first-order valence-corrected chi connectivity index (χ1v) is 13.1. The molecule has 0 bridgehead atoms. The Morgan fingerprint density at radius 2 is 1.88 bits per heavy atom. The molecule has 3 rings (SSSR count). The normalized spacial score (nSPS) is 17.6. The number of nitrogens with zero attached hydrogens (tertiary/aromatic N) is 1. The summed E-state index contributed by atoms with van der Waals surface area (Å²) in [6.45, 7) is 0.621. The Morgan fingerprint density at radius 1 is 1.19 bits per heavy atom. The van der Waals surface area contributed by atoms with Gasteiger partial charge in [-0.2, -0.15) is 0 Å². The van der Waals surface area contributed by atoms with Crippen molar-refractivity contribution in [2.75, 3.05) is 44.3 Å². The number of rotatable bonds is 6. The highest BCUT2D eigenvalue weighted by atomic mass is 32.3. The van der Waals surface area contributed by atoms with Crippen molar-refractivity contribution in [3.05, 3.63) is 53.8 Å². The number of benzene rings is 2. The van der Waals surface area contributed by atoms with Gasteiger partial charge < -0.3 is 25.4 Å². The highest BCUT2D eigenvalue weighted by Crippen LogP contribution is 2.46. The molecule has 0 aromatic heterocycles. The molecular weight excluding hydrogens is 433 g/mol. The molecule has 0 saturated carbocycles. The molecule has 0 radical (unpaired) electrons. The summed E-state index contributed by atoms with van der Waals surface area (Å²) in [5.74, 6) is -0.260. The zero-order valence-electron chi connectivity index (χ0n) is 18.7. The largest absolute Gasteiger partial charge is 0.497 e.